The molecule has 2 aromatic rings. The number of anilines is 1. The van der Waals surface area contributed by atoms with Crippen LogP contribution in [0.4, 0.5) is 5.69 Å². The molecule has 0 N–H and O–H groups in total. The molecule has 6 heteroatoms. The lowest BCUT2D eigenvalue weighted by atomic mass is 10.0. The number of hydrogen-bond donors (Lipinski definition) is 0. The fraction of sp³-hybridized carbons (Fsp3) is 0.435. The molecule has 5 nitrogen and oxygen atoms in total. The maximum absolute atomic E-state index is 13.4. The summed E-state index contributed by atoms with van der Waals surface area (Å²) in [5.41, 5.74) is 1.65. The van der Waals surface area contributed by atoms with Gasteiger partial charge in [0.1, 0.15) is 6.04 Å². The summed E-state index contributed by atoms with van der Waals surface area (Å²) in [6.07, 6.45) is 6.25. The van der Waals surface area contributed by atoms with E-state index in [0.29, 0.717) is 10.6 Å². The van der Waals surface area contributed by atoms with Crippen LogP contribution in [0.15, 0.2) is 41.8 Å². The molecule has 1 saturated heterocycles. The van der Waals surface area contributed by atoms with Crippen LogP contribution < -0.4 is 4.90 Å². The summed E-state index contributed by atoms with van der Waals surface area (Å²) < 4.78 is 0. The van der Waals surface area contributed by atoms with E-state index in [1.807, 2.05) is 30.5 Å². The van der Waals surface area contributed by atoms with Crippen molar-refractivity contribution in [3.05, 3.63) is 52.2 Å². The smallest absolute Gasteiger partial charge is 0.264 e. The highest BCUT2D eigenvalue weighted by atomic mass is 32.1. The van der Waals surface area contributed by atoms with E-state index in [0.717, 1.165) is 44.1 Å². The van der Waals surface area contributed by atoms with E-state index in [1.165, 1.54) is 16.2 Å². The summed E-state index contributed by atoms with van der Waals surface area (Å²) in [7, 11) is 0. The van der Waals surface area contributed by atoms with Gasteiger partial charge in [0, 0.05) is 6.04 Å². The molecule has 0 radical (unpaired) electrons. The van der Waals surface area contributed by atoms with Crippen LogP contribution in [0.1, 0.15) is 60.2 Å². The van der Waals surface area contributed by atoms with Gasteiger partial charge < -0.3 is 4.90 Å². The van der Waals surface area contributed by atoms with Crippen molar-refractivity contribution in [1.29, 1.82) is 0 Å². The van der Waals surface area contributed by atoms with E-state index in [1.54, 1.807) is 23.1 Å². The van der Waals surface area contributed by atoms with Crippen LogP contribution in [0.25, 0.3) is 0 Å². The van der Waals surface area contributed by atoms with Gasteiger partial charge in [-0.05, 0) is 43.3 Å². The van der Waals surface area contributed by atoms with Crippen molar-refractivity contribution in [3.63, 3.8) is 0 Å². The molecule has 1 aromatic carbocycles. The van der Waals surface area contributed by atoms with Gasteiger partial charge in [0.05, 0.1) is 17.0 Å². The molecule has 29 heavy (non-hydrogen) atoms. The maximum atomic E-state index is 13.4. The summed E-state index contributed by atoms with van der Waals surface area (Å²) >= 11 is 1.39. The Kier molecular flexibility index (Phi) is 5.81. The van der Waals surface area contributed by atoms with Crippen molar-refractivity contribution < 1.29 is 14.4 Å². The number of benzene rings is 1. The second kappa shape index (κ2) is 8.49. The van der Waals surface area contributed by atoms with Crippen LogP contribution in [0, 0.1) is 6.92 Å². The third kappa shape index (κ3) is 3.99. The molecule has 2 heterocycles. The molecular formula is C23H26N2O3S. The quantitative estimate of drug-likeness (QED) is 0.549. The molecule has 4 rings (SSSR count). The van der Waals surface area contributed by atoms with Gasteiger partial charge in [-0.3, -0.25) is 14.4 Å². The minimum atomic E-state index is -0.721. The lowest BCUT2D eigenvalue weighted by molar-refractivity contribution is -0.123. The lowest BCUT2D eigenvalue weighted by Gasteiger charge is -2.34. The van der Waals surface area contributed by atoms with Crippen LogP contribution in [0.5, 0.6) is 0 Å². The van der Waals surface area contributed by atoms with Crippen molar-refractivity contribution in [1.82, 2.24) is 4.90 Å². The van der Waals surface area contributed by atoms with Gasteiger partial charge in [-0.2, -0.15) is 0 Å². The number of imide groups is 1. The van der Waals surface area contributed by atoms with Gasteiger partial charge in [0.15, 0.2) is 0 Å². The molecule has 1 aliphatic heterocycles. The van der Waals surface area contributed by atoms with Gasteiger partial charge >= 0.3 is 0 Å². The number of carbonyl (C=O) groups is 3. The van der Waals surface area contributed by atoms with Gasteiger partial charge in [-0.15, -0.1) is 11.3 Å². The zero-order chi connectivity index (χ0) is 20.4. The molecule has 1 unspecified atom stereocenters. The average Bonchev–Trinajstić information content (AvgIpc) is 3.25. The zero-order valence-electron chi connectivity index (χ0n) is 16.7. The lowest BCUT2D eigenvalue weighted by Crippen LogP contribution is -2.50. The summed E-state index contributed by atoms with van der Waals surface area (Å²) in [4.78, 5) is 43.2. The van der Waals surface area contributed by atoms with Crippen molar-refractivity contribution in [2.45, 2.75) is 64.0 Å². The molecule has 1 atom stereocenters. The molecule has 152 valence electrons. The molecule has 3 amide bonds. The summed E-state index contributed by atoms with van der Waals surface area (Å²) in [5.74, 6) is -0.640. The normalized spacial score (nSPS) is 20.7. The topological polar surface area (TPSA) is 57.7 Å². The minimum Gasteiger partial charge on any atom is -0.322 e. The average molecular weight is 411 g/mol. The molecular weight excluding hydrogens is 384 g/mol. The summed E-state index contributed by atoms with van der Waals surface area (Å²) in [6.45, 7) is 1.97. The first-order chi connectivity index (χ1) is 14.1. The minimum absolute atomic E-state index is 0.00631. The van der Waals surface area contributed by atoms with Crippen LogP contribution in [-0.4, -0.2) is 34.7 Å². The predicted octanol–water partition coefficient (Wildman–Crippen LogP) is 4.55. The Morgan fingerprint density at radius 3 is 2.34 bits per heavy atom. The van der Waals surface area contributed by atoms with Gasteiger partial charge in [-0.25, -0.2) is 4.90 Å². The van der Waals surface area contributed by atoms with Crippen LogP contribution in [-0.2, 0) is 9.59 Å². The SMILES string of the molecule is Cc1ccc(N2C(=O)CC(N(C(=O)c3cccs3)C3CCCCCC3)C2=O)cc1. The third-order valence-electron chi connectivity index (χ3n) is 5.94. The number of amides is 3. The molecule has 1 aliphatic carbocycles. The predicted molar refractivity (Wildman–Crippen MR) is 114 cm³/mol. The third-order valence-corrected chi connectivity index (χ3v) is 6.79. The molecule has 1 saturated carbocycles. The van der Waals surface area contributed by atoms with Crippen molar-refractivity contribution in [2.75, 3.05) is 4.90 Å². The maximum Gasteiger partial charge on any atom is 0.264 e. The first-order valence-corrected chi connectivity index (χ1v) is 11.2. The molecule has 0 bridgehead atoms. The van der Waals surface area contributed by atoms with Crippen LogP contribution >= 0.6 is 11.3 Å². The Hall–Kier alpha value is -2.47. The molecule has 1 aromatic heterocycles. The Morgan fingerprint density at radius 1 is 1.03 bits per heavy atom. The second-order valence-electron chi connectivity index (χ2n) is 7.96. The van der Waals surface area contributed by atoms with Crippen molar-refractivity contribution in [2.24, 2.45) is 0 Å². The van der Waals surface area contributed by atoms with Gasteiger partial charge in [0.25, 0.3) is 11.8 Å². The van der Waals surface area contributed by atoms with Gasteiger partial charge in [0.2, 0.25) is 5.91 Å². The highest BCUT2D eigenvalue weighted by molar-refractivity contribution is 7.12. The number of carbonyl (C=O) groups excluding carboxylic acids is 3. The monoisotopic (exact) mass is 410 g/mol. The first kappa shape index (κ1) is 19.8. The fourth-order valence-electron chi connectivity index (χ4n) is 4.42. The van der Waals surface area contributed by atoms with Gasteiger partial charge in [-0.1, -0.05) is 49.4 Å². The number of thiophene rings is 1. The summed E-state index contributed by atoms with van der Waals surface area (Å²) in [5, 5.41) is 1.87. The van der Waals surface area contributed by atoms with E-state index >= 15 is 0 Å². The Balaban J connectivity index is 1.66. The van der Waals surface area contributed by atoms with Crippen LogP contribution in [0.2, 0.25) is 0 Å². The Labute approximate surface area is 175 Å². The first-order valence-electron chi connectivity index (χ1n) is 10.4. The zero-order valence-corrected chi connectivity index (χ0v) is 17.5. The fourth-order valence-corrected chi connectivity index (χ4v) is 5.09. The molecule has 2 aliphatic rings. The Morgan fingerprint density at radius 2 is 1.72 bits per heavy atom. The van der Waals surface area contributed by atoms with E-state index in [9.17, 15) is 14.4 Å². The second-order valence-corrected chi connectivity index (χ2v) is 8.91. The number of aryl methyl sites for hydroxylation is 1. The standard InChI is InChI=1S/C23H26N2O3S/c1-16-10-12-18(13-11-16)25-21(26)15-19(22(25)27)24(17-7-4-2-3-5-8-17)23(28)20-9-6-14-29-20/h6,9-14,17,19H,2-5,7-8,15H2,1H3. The summed E-state index contributed by atoms with van der Waals surface area (Å²) in [6, 6.07) is 10.3. The Bertz CT molecular complexity index is 883. The van der Waals surface area contributed by atoms with E-state index in [2.05, 4.69) is 0 Å². The van der Waals surface area contributed by atoms with E-state index in [4.69, 9.17) is 0 Å². The van der Waals surface area contributed by atoms with Crippen LogP contribution in [0.3, 0.4) is 0 Å². The number of rotatable bonds is 4. The highest BCUT2D eigenvalue weighted by Gasteiger charge is 2.46. The van der Waals surface area contributed by atoms with Crippen molar-refractivity contribution in [3.8, 4) is 0 Å². The molecule has 0 spiro atoms. The van der Waals surface area contributed by atoms with Crippen molar-refractivity contribution >= 4 is 34.7 Å². The number of hydrogen-bond acceptors (Lipinski definition) is 4. The highest BCUT2D eigenvalue weighted by Crippen LogP contribution is 2.32. The van der Waals surface area contributed by atoms with E-state index < -0.39 is 6.04 Å². The van der Waals surface area contributed by atoms with E-state index in [-0.39, 0.29) is 30.2 Å². The number of nitrogens with zero attached hydrogens (tertiary/aromatic N) is 2. The largest absolute Gasteiger partial charge is 0.322 e. The molecule has 2 fully saturated rings.